The van der Waals surface area contributed by atoms with Gasteiger partial charge in [0.15, 0.2) is 5.58 Å². The number of piperazine rings is 1. The van der Waals surface area contributed by atoms with Gasteiger partial charge in [0, 0.05) is 39.3 Å². The van der Waals surface area contributed by atoms with Gasteiger partial charge in [-0.1, -0.05) is 12.1 Å². The average Bonchev–Trinajstić information content (AvgIpc) is 3.29. The molecule has 3 heterocycles. The summed E-state index contributed by atoms with van der Waals surface area (Å²) in [6.07, 6.45) is 2.32. The number of nitrogens with zero attached hydrogens (tertiary/aromatic N) is 3. The van der Waals surface area contributed by atoms with E-state index < -0.39 is 0 Å². The lowest BCUT2D eigenvalue weighted by atomic mass is 10.2. The van der Waals surface area contributed by atoms with Crippen LogP contribution in [0.4, 0.5) is 4.79 Å². The van der Waals surface area contributed by atoms with Gasteiger partial charge in [0.25, 0.3) is 0 Å². The third-order valence-electron chi connectivity index (χ3n) is 4.86. The Bertz CT molecular complexity index is 685. The van der Waals surface area contributed by atoms with Crippen molar-refractivity contribution in [1.82, 2.24) is 20.1 Å². The fourth-order valence-corrected chi connectivity index (χ4v) is 3.41. The molecule has 2 fully saturated rings. The molecule has 7 heteroatoms. The average molecular weight is 344 g/mol. The summed E-state index contributed by atoms with van der Waals surface area (Å²) in [6, 6.07) is 7.81. The van der Waals surface area contributed by atoms with Crippen molar-refractivity contribution >= 4 is 17.1 Å². The van der Waals surface area contributed by atoms with Gasteiger partial charge in [-0.15, -0.1) is 0 Å². The number of urea groups is 1. The molecule has 1 N–H and O–H groups in total. The molecule has 2 aliphatic heterocycles. The van der Waals surface area contributed by atoms with E-state index in [-0.39, 0.29) is 12.1 Å². The molecular formula is C18H24N4O3. The van der Waals surface area contributed by atoms with Crippen molar-refractivity contribution in [3.05, 3.63) is 30.2 Å². The van der Waals surface area contributed by atoms with E-state index in [1.807, 2.05) is 29.2 Å². The monoisotopic (exact) mass is 344 g/mol. The Kier molecular flexibility index (Phi) is 4.85. The Morgan fingerprint density at radius 3 is 2.84 bits per heavy atom. The SMILES string of the molecule is O=C(NCC1CCCO1)N1CCN(Cc2nc3ccccc3o2)CC1. The van der Waals surface area contributed by atoms with Crippen molar-refractivity contribution in [2.75, 3.05) is 39.3 Å². The summed E-state index contributed by atoms with van der Waals surface area (Å²) in [5.74, 6) is 0.734. The van der Waals surface area contributed by atoms with Crippen molar-refractivity contribution in [2.24, 2.45) is 0 Å². The predicted octanol–water partition coefficient (Wildman–Crippen LogP) is 1.83. The number of para-hydroxylation sites is 2. The molecule has 2 aliphatic rings. The Labute approximate surface area is 146 Å². The number of oxazole rings is 1. The van der Waals surface area contributed by atoms with Crippen molar-refractivity contribution in [2.45, 2.75) is 25.5 Å². The fraction of sp³-hybridized carbons (Fsp3) is 0.556. The van der Waals surface area contributed by atoms with Crippen LogP contribution in [-0.2, 0) is 11.3 Å². The highest BCUT2D eigenvalue weighted by Gasteiger charge is 2.23. The lowest BCUT2D eigenvalue weighted by Gasteiger charge is -2.34. The summed E-state index contributed by atoms with van der Waals surface area (Å²) in [4.78, 5) is 20.9. The molecule has 25 heavy (non-hydrogen) atoms. The second-order valence-corrected chi connectivity index (χ2v) is 6.66. The number of amides is 2. The number of rotatable bonds is 4. The number of aromatic nitrogens is 1. The summed E-state index contributed by atoms with van der Waals surface area (Å²) in [7, 11) is 0. The van der Waals surface area contributed by atoms with Crippen molar-refractivity contribution in [3.8, 4) is 0 Å². The van der Waals surface area contributed by atoms with Gasteiger partial charge in [0.05, 0.1) is 12.6 Å². The molecule has 0 spiro atoms. The maximum Gasteiger partial charge on any atom is 0.317 e. The number of nitrogens with one attached hydrogen (secondary N) is 1. The molecule has 0 bridgehead atoms. The van der Waals surface area contributed by atoms with Gasteiger partial charge < -0.3 is 19.4 Å². The third-order valence-corrected chi connectivity index (χ3v) is 4.86. The first-order valence-electron chi connectivity index (χ1n) is 8.99. The van der Waals surface area contributed by atoms with Gasteiger partial charge in [-0.3, -0.25) is 4.90 Å². The van der Waals surface area contributed by atoms with Crippen molar-refractivity contribution < 1.29 is 13.9 Å². The summed E-state index contributed by atoms with van der Waals surface area (Å²) >= 11 is 0. The van der Waals surface area contributed by atoms with E-state index in [1.54, 1.807) is 0 Å². The lowest BCUT2D eigenvalue weighted by Crippen LogP contribution is -2.52. The van der Waals surface area contributed by atoms with E-state index >= 15 is 0 Å². The van der Waals surface area contributed by atoms with E-state index in [1.165, 1.54) is 0 Å². The highest BCUT2D eigenvalue weighted by molar-refractivity contribution is 5.74. The summed E-state index contributed by atoms with van der Waals surface area (Å²) < 4.78 is 11.3. The molecule has 0 saturated carbocycles. The number of fused-ring (bicyclic) bond motifs is 1. The van der Waals surface area contributed by atoms with Crippen LogP contribution in [0.3, 0.4) is 0 Å². The largest absolute Gasteiger partial charge is 0.439 e. The molecule has 134 valence electrons. The molecule has 7 nitrogen and oxygen atoms in total. The first-order chi connectivity index (χ1) is 12.3. The van der Waals surface area contributed by atoms with E-state index in [9.17, 15) is 4.79 Å². The van der Waals surface area contributed by atoms with Crippen molar-refractivity contribution in [3.63, 3.8) is 0 Å². The molecule has 1 atom stereocenters. The first-order valence-corrected chi connectivity index (χ1v) is 8.99. The number of ether oxygens (including phenoxy) is 1. The number of carbonyl (C=O) groups excluding carboxylic acids is 1. The van der Waals surface area contributed by atoms with Gasteiger partial charge >= 0.3 is 6.03 Å². The minimum Gasteiger partial charge on any atom is -0.439 e. The third kappa shape index (κ3) is 3.93. The molecule has 1 aromatic heterocycles. The molecule has 2 saturated heterocycles. The van der Waals surface area contributed by atoms with Crippen LogP contribution in [0.2, 0.25) is 0 Å². The molecular weight excluding hydrogens is 320 g/mol. The van der Waals surface area contributed by atoms with Gasteiger partial charge in [-0.25, -0.2) is 9.78 Å². The number of hydrogen-bond acceptors (Lipinski definition) is 5. The predicted molar refractivity (Wildman–Crippen MR) is 93.2 cm³/mol. The summed E-state index contributed by atoms with van der Waals surface area (Å²) in [5.41, 5.74) is 1.72. The van der Waals surface area contributed by atoms with E-state index in [4.69, 9.17) is 9.15 Å². The Morgan fingerprint density at radius 2 is 2.08 bits per heavy atom. The quantitative estimate of drug-likeness (QED) is 0.916. The number of carbonyl (C=O) groups is 1. The lowest BCUT2D eigenvalue weighted by molar-refractivity contribution is 0.103. The Morgan fingerprint density at radius 1 is 1.24 bits per heavy atom. The van der Waals surface area contributed by atoms with E-state index in [0.29, 0.717) is 13.1 Å². The second-order valence-electron chi connectivity index (χ2n) is 6.66. The van der Waals surface area contributed by atoms with Gasteiger partial charge in [-0.2, -0.15) is 0 Å². The fourth-order valence-electron chi connectivity index (χ4n) is 3.41. The van der Waals surface area contributed by atoms with Crippen LogP contribution in [0.5, 0.6) is 0 Å². The number of hydrogen-bond donors (Lipinski definition) is 1. The smallest absolute Gasteiger partial charge is 0.317 e. The number of benzene rings is 1. The topological polar surface area (TPSA) is 70.8 Å². The molecule has 1 aromatic carbocycles. The maximum absolute atomic E-state index is 12.2. The van der Waals surface area contributed by atoms with Crippen LogP contribution in [0, 0.1) is 0 Å². The van der Waals surface area contributed by atoms with Crippen LogP contribution in [0.1, 0.15) is 18.7 Å². The van der Waals surface area contributed by atoms with Gasteiger partial charge in [0.2, 0.25) is 5.89 Å². The standard InChI is InChI=1S/C18H24N4O3/c23-18(19-12-14-4-3-11-24-14)22-9-7-21(8-10-22)13-17-20-15-5-1-2-6-16(15)25-17/h1-2,5-6,14H,3-4,7-13H2,(H,19,23). The van der Waals surface area contributed by atoms with E-state index in [2.05, 4.69) is 15.2 Å². The highest BCUT2D eigenvalue weighted by atomic mass is 16.5. The second kappa shape index (κ2) is 7.41. The molecule has 0 radical (unpaired) electrons. The summed E-state index contributed by atoms with van der Waals surface area (Å²) in [5, 5.41) is 2.99. The van der Waals surface area contributed by atoms with E-state index in [0.717, 1.165) is 62.6 Å². The minimum absolute atomic E-state index is 0.0111. The van der Waals surface area contributed by atoms with Crippen LogP contribution >= 0.6 is 0 Å². The zero-order chi connectivity index (χ0) is 17.1. The van der Waals surface area contributed by atoms with Crippen LogP contribution < -0.4 is 5.32 Å². The molecule has 0 aliphatic carbocycles. The zero-order valence-electron chi connectivity index (χ0n) is 14.3. The van der Waals surface area contributed by atoms with Gasteiger partial charge in [-0.05, 0) is 25.0 Å². The minimum atomic E-state index is 0.0111. The van der Waals surface area contributed by atoms with Crippen LogP contribution in [-0.4, -0.2) is 66.2 Å². The normalized spacial score (nSPS) is 21.8. The maximum atomic E-state index is 12.2. The molecule has 2 amide bonds. The zero-order valence-corrected chi connectivity index (χ0v) is 14.3. The molecule has 4 rings (SSSR count). The Balaban J connectivity index is 1.24. The van der Waals surface area contributed by atoms with Gasteiger partial charge in [0.1, 0.15) is 5.52 Å². The van der Waals surface area contributed by atoms with Crippen molar-refractivity contribution in [1.29, 1.82) is 0 Å². The first kappa shape index (κ1) is 16.4. The highest BCUT2D eigenvalue weighted by Crippen LogP contribution is 2.17. The molecule has 2 aromatic rings. The molecule has 1 unspecified atom stereocenters. The van der Waals surface area contributed by atoms with Crippen LogP contribution in [0.15, 0.2) is 28.7 Å². The Hall–Kier alpha value is -2.12. The van der Waals surface area contributed by atoms with Crippen LogP contribution in [0.25, 0.3) is 11.1 Å². The summed E-state index contributed by atoms with van der Waals surface area (Å²) in [6.45, 7) is 5.20.